The van der Waals surface area contributed by atoms with E-state index in [1.54, 1.807) is 11.3 Å². The molecule has 0 amide bonds. The van der Waals surface area contributed by atoms with Crippen molar-refractivity contribution in [3.05, 3.63) is 21.7 Å². The van der Waals surface area contributed by atoms with Crippen LogP contribution in [0.25, 0.3) is 6.08 Å². The Hall–Kier alpha value is -1.04. The highest BCUT2D eigenvalue weighted by atomic mass is 32.1. The number of rotatable bonds is 9. The molecule has 122 valence electrons. The fourth-order valence-corrected chi connectivity index (χ4v) is 3.10. The summed E-state index contributed by atoms with van der Waals surface area (Å²) in [7, 11) is 0. The summed E-state index contributed by atoms with van der Waals surface area (Å²) in [6.45, 7) is 5.85. The zero-order valence-corrected chi connectivity index (χ0v) is 14.3. The second kappa shape index (κ2) is 7.99. The van der Waals surface area contributed by atoms with Crippen LogP contribution in [0, 0.1) is 12.8 Å². The highest BCUT2D eigenvalue weighted by molar-refractivity contribution is 7.09. The minimum atomic E-state index is -0.481. The number of nitrogens with zero attached hydrogens (tertiary/aromatic N) is 1. The topological polar surface area (TPSA) is 62.7 Å². The van der Waals surface area contributed by atoms with Crippen LogP contribution in [0.5, 0.6) is 0 Å². The summed E-state index contributed by atoms with van der Waals surface area (Å²) in [5.41, 5.74) is 1.84. The van der Waals surface area contributed by atoms with Crippen LogP contribution < -0.4 is 0 Å². The number of hydrogen-bond donors (Lipinski definition) is 1. The van der Waals surface area contributed by atoms with Gasteiger partial charge in [-0.3, -0.25) is 0 Å². The molecule has 5 heteroatoms. The predicted molar refractivity (Wildman–Crippen MR) is 88.9 cm³/mol. The molecular formula is C17H25NO3S. The number of carbonyl (C=O) groups is 1. The fraction of sp³-hybridized carbons (Fsp3) is 0.647. The number of hydrogen-bond acceptors (Lipinski definition) is 5. The lowest BCUT2D eigenvalue weighted by Crippen LogP contribution is -2.12. The van der Waals surface area contributed by atoms with Crippen molar-refractivity contribution in [2.24, 2.45) is 5.92 Å². The lowest BCUT2D eigenvalue weighted by Gasteiger charge is -2.09. The first-order valence-corrected chi connectivity index (χ1v) is 8.76. The highest BCUT2D eigenvalue weighted by Gasteiger charge is 2.39. The molecule has 2 heterocycles. The Kier molecular flexibility index (Phi) is 6.29. The van der Waals surface area contributed by atoms with Gasteiger partial charge >= 0.3 is 0 Å². The van der Waals surface area contributed by atoms with Crippen LogP contribution in [0.2, 0.25) is 0 Å². The van der Waals surface area contributed by atoms with Gasteiger partial charge in [0.25, 0.3) is 0 Å². The van der Waals surface area contributed by atoms with Crippen LogP contribution in [0.15, 0.2) is 11.0 Å². The van der Waals surface area contributed by atoms with E-state index >= 15 is 0 Å². The van der Waals surface area contributed by atoms with Gasteiger partial charge in [0.1, 0.15) is 6.29 Å². The van der Waals surface area contributed by atoms with Gasteiger partial charge in [-0.1, -0.05) is 13.3 Å². The summed E-state index contributed by atoms with van der Waals surface area (Å²) >= 11 is 1.61. The van der Waals surface area contributed by atoms with E-state index in [9.17, 15) is 9.90 Å². The van der Waals surface area contributed by atoms with Crippen molar-refractivity contribution < 1.29 is 14.6 Å². The third-order valence-corrected chi connectivity index (χ3v) is 4.85. The van der Waals surface area contributed by atoms with Crippen molar-refractivity contribution in [2.45, 2.75) is 64.8 Å². The van der Waals surface area contributed by atoms with Crippen LogP contribution in [0.4, 0.5) is 0 Å². The molecule has 2 rings (SSSR count). The van der Waals surface area contributed by atoms with Crippen LogP contribution in [-0.2, 0) is 9.53 Å². The van der Waals surface area contributed by atoms with E-state index in [1.165, 1.54) is 0 Å². The number of aryl methyl sites for hydroxylation is 1. The molecule has 1 N–H and O–H groups in total. The molecule has 0 unspecified atom stereocenters. The molecule has 1 aliphatic rings. The van der Waals surface area contributed by atoms with E-state index in [-0.39, 0.29) is 18.1 Å². The average Bonchev–Trinajstić information content (AvgIpc) is 3.08. The zero-order chi connectivity index (χ0) is 16.1. The SMILES string of the molecule is C/C(=C\c1csc(C)n1)[C@@H](O)C[C@@H]1O[C@@H]1CCC[C@H](C)C=O. The summed E-state index contributed by atoms with van der Waals surface area (Å²) in [6, 6.07) is 0. The Bertz CT molecular complexity index is 526. The maximum Gasteiger partial charge on any atom is 0.122 e. The first kappa shape index (κ1) is 17.3. The molecular weight excluding hydrogens is 298 g/mol. The lowest BCUT2D eigenvalue weighted by molar-refractivity contribution is -0.110. The lowest BCUT2D eigenvalue weighted by atomic mass is 10.0. The first-order chi connectivity index (χ1) is 10.5. The fourth-order valence-electron chi connectivity index (χ4n) is 2.53. The Morgan fingerprint density at radius 3 is 2.95 bits per heavy atom. The van der Waals surface area contributed by atoms with Crippen LogP contribution in [0.3, 0.4) is 0 Å². The van der Waals surface area contributed by atoms with Crippen LogP contribution in [0.1, 0.15) is 50.2 Å². The number of aldehydes is 1. The Balaban J connectivity index is 1.71. The molecule has 1 aromatic rings. The molecule has 0 radical (unpaired) electrons. The third kappa shape index (κ3) is 5.30. The van der Waals surface area contributed by atoms with Gasteiger partial charge < -0.3 is 14.6 Å². The van der Waals surface area contributed by atoms with Crippen molar-refractivity contribution in [2.75, 3.05) is 0 Å². The number of aliphatic hydroxyl groups is 1. The Labute approximate surface area is 136 Å². The number of epoxide rings is 1. The van der Waals surface area contributed by atoms with Gasteiger partial charge in [0, 0.05) is 17.7 Å². The highest BCUT2D eigenvalue weighted by Crippen LogP contribution is 2.32. The number of ether oxygens (including phenoxy) is 1. The molecule has 0 bridgehead atoms. The smallest absolute Gasteiger partial charge is 0.122 e. The number of carbonyl (C=O) groups excluding carboxylic acids is 1. The van der Waals surface area contributed by atoms with Gasteiger partial charge in [-0.2, -0.15) is 0 Å². The minimum absolute atomic E-state index is 0.134. The van der Waals surface area contributed by atoms with Crippen molar-refractivity contribution in [1.29, 1.82) is 0 Å². The molecule has 1 saturated heterocycles. The molecule has 0 aromatic carbocycles. The quantitative estimate of drug-likeness (QED) is 0.559. The molecule has 22 heavy (non-hydrogen) atoms. The van der Waals surface area contributed by atoms with E-state index in [2.05, 4.69) is 4.98 Å². The molecule has 4 atom stereocenters. The van der Waals surface area contributed by atoms with Crippen LogP contribution in [-0.4, -0.2) is 34.7 Å². The maximum absolute atomic E-state index is 10.6. The summed E-state index contributed by atoms with van der Waals surface area (Å²) in [5.74, 6) is 0.134. The monoisotopic (exact) mass is 323 g/mol. The van der Waals surface area contributed by atoms with Gasteiger partial charge in [-0.15, -0.1) is 11.3 Å². The van der Waals surface area contributed by atoms with Crippen molar-refractivity contribution in [1.82, 2.24) is 4.98 Å². The average molecular weight is 323 g/mol. The molecule has 1 fully saturated rings. The zero-order valence-electron chi connectivity index (χ0n) is 13.5. The summed E-state index contributed by atoms with van der Waals surface area (Å²) < 4.78 is 5.62. The van der Waals surface area contributed by atoms with Crippen molar-refractivity contribution >= 4 is 23.7 Å². The standard InChI is InChI=1S/C17H25NO3S/c1-11(9-19)5-4-6-16-17(21-16)8-15(20)12(2)7-14-10-22-13(3)18-14/h7,9-11,15-17,20H,4-6,8H2,1-3H3/b12-7+/t11-,15-,16+,17-/m0/s1. The van der Waals surface area contributed by atoms with Crippen molar-refractivity contribution in [3.63, 3.8) is 0 Å². The molecule has 0 spiro atoms. The van der Waals surface area contributed by atoms with E-state index < -0.39 is 6.10 Å². The van der Waals surface area contributed by atoms with Gasteiger partial charge in [0.15, 0.2) is 0 Å². The molecule has 4 nitrogen and oxygen atoms in total. The summed E-state index contributed by atoms with van der Waals surface area (Å²) in [6.07, 6.45) is 6.41. The van der Waals surface area contributed by atoms with E-state index in [0.717, 1.165) is 41.8 Å². The maximum atomic E-state index is 10.6. The van der Waals surface area contributed by atoms with Crippen LogP contribution >= 0.6 is 11.3 Å². The normalized spacial score (nSPS) is 24.1. The Morgan fingerprint density at radius 2 is 2.32 bits per heavy atom. The molecule has 0 saturated carbocycles. The molecule has 1 aromatic heterocycles. The van der Waals surface area contributed by atoms with Gasteiger partial charge in [-0.05, 0) is 38.3 Å². The second-order valence-electron chi connectivity index (χ2n) is 6.19. The van der Waals surface area contributed by atoms with Gasteiger partial charge in [0.2, 0.25) is 0 Å². The minimum Gasteiger partial charge on any atom is -0.389 e. The number of aliphatic hydroxyl groups excluding tert-OH is 1. The number of aromatic nitrogens is 1. The first-order valence-electron chi connectivity index (χ1n) is 7.88. The molecule has 0 aliphatic carbocycles. The Morgan fingerprint density at radius 1 is 1.55 bits per heavy atom. The predicted octanol–water partition coefficient (Wildman–Crippen LogP) is 3.38. The number of thiazole rings is 1. The van der Waals surface area contributed by atoms with E-state index in [1.807, 2.05) is 32.2 Å². The summed E-state index contributed by atoms with van der Waals surface area (Å²) in [4.78, 5) is 14.9. The summed E-state index contributed by atoms with van der Waals surface area (Å²) in [5, 5.41) is 13.3. The third-order valence-electron chi connectivity index (χ3n) is 4.06. The van der Waals surface area contributed by atoms with Gasteiger partial charge in [-0.25, -0.2) is 4.98 Å². The molecule has 1 aliphatic heterocycles. The van der Waals surface area contributed by atoms with Crippen molar-refractivity contribution in [3.8, 4) is 0 Å². The second-order valence-corrected chi connectivity index (χ2v) is 7.25. The van der Waals surface area contributed by atoms with E-state index in [4.69, 9.17) is 4.74 Å². The largest absolute Gasteiger partial charge is 0.389 e. The van der Waals surface area contributed by atoms with Gasteiger partial charge in [0.05, 0.1) is 29.0 Å². The van der Waals surface area contributed by atoms with E-state index in [0.29, 0.717) is 6.42 Å².